The summed E-state index contributed by atoms with van der Waals surface area (Å²) in [5.74, 6) is 0.790. The molecule has 0 bridgehead atoms. The highest BCUT2D eigenvalue weighted by Crippen LogP contribution is 2.19. The van der Waals surface area contributed by atoms with Gasteiger partial charge in [-0.25, -0.2) is 18.1 Å². The number of Topliss-reactive ketones (excluding diaryl/α,β-unsaturated/α-hetero) is 1. The number of rotatable bonds is 4. The van der Waals surface area contributed by atoms with Crippen LogP contribution in [0.1, 0.15) is 30.1 Å². The highest BCUT2D eigenvalue weighted by molar-refractivity contribution is 7.88. The second-order valence-electron chi connectivity index (χ2n) is 5.11. The molecule has 1 saturated heterocycles. The number of carbonyl (C=O) groups excluding carboxylic acids is 1. The second kappa shape index (κ2) is 5.88. The average molecular weight is 297 g/mol. The van der Waals surface area contributed by atoms with E-state index in [4.69, 9.17) is 0 Å². The molecule has 2 heterocycles. The van der Waals surface area contributed by atoms with Crippen molar-refractivity contribution in [1.29, 1.82) is 0 Å². The molecule has 1 N–H and O–H groups in total. The molecule has 20 heavy (non-hydrogen) atoms. The van der Waals surface area contributed by atoms with Crippen LogP contribution < -0.4 is 9.62 Å². The van der Waals surface area contributed by atoms with Gasteiger partial charge in [0.15, 0.2) is 5.78 Å². The summed E-state index contributed by atoms with van der Waals surface area (Å²) in [6, 6.07) is 3.47. The molecule has 1 aliphatic heterocycles. The normalized spacial score (nSPS) is 17.2. The first kappa shape index (κ1) is 14.9. The number of nitrogens with one attached hydrogen (secondary N) is 1. The van der Waals surface area contributed by atoms with E-state index in [9.17, 15) is 13.2 Å². The van der Waals surface area contributed by atoms with Gasteiger partial charge in [-0.3, -0.25) is 4.79 Å². The highest BCUT2D eigenvalue weighted by atomic mass is 32.2. The van der Waals surface area contributed by atoms with Crippen molar-refractivity contribution in [3.63, 3.8) is 0 Å². The fraction of sp³-hybridized carbons (Fsp3) is 0.538. The lowest BCUT2D eigenvalue weighted by molar-refractivity contribution is 0.101. The number of hydrogen-bond donors (Lipinski definition) is 1. The predicted octanol–water partition coefficient (Wildman–Crippen LogP) is 0.802. The van der Waals surface area contributed by atoms with Gasteiger partial charge < -0.3 is 4.90 Å². The molecular weight excluding hydrogens is 278 g/mol. The van der Waals surface area contributed by atoms with Crippen molar-refractivity contribution in [2.24, 2.45) is 0 Å². The summed E-state index contributed by atoms with van der Waals surface area (Å²) < 4.78 is 25.0. The van der Waals surface area contributed by atoms with Gasteiger partial charge in [-0.1, -0.05) is 0 Å². The van der Waals surface area contributed by atoms with Gasteiger partial charge in [-0.15, -0.1) is 0 Å². The Morgan fingerprint density at radius 3 is 2.60 bits per heavy atom. The molecule has 2 rings (SSSR count). The van der Waals surface area contributed by atoms with Crippen LogP contribution in [-0.2, 0) is 10.0 Å². The monoisotopic (exact) mass is 297 g/mol. The molecule has 6 nitrogen and oxygen atoms in total. The van der Waals surface area contributed by atoms with Crippen LogP contribution in [0.25, 0.3) is 0 Å². The SMILES string of the molecule is CC(=O)c1ccnc(N2CCC(NS(C)(=O)=O)CC2)c1. The Morgan fingerprint density at radius 1 is 1.40 bits per heavy atom. The summed E-state index contributed by atoms with van der Waals surface area (Å²) >= 11 is 0. The minimum absolute atomic E-state index is 0.0160. The molecule has 0 unspecified atom stereocenters. The van der Waals surface area contributed by atoms with Gasteiger partial charge in [0.05, 0.1) is 6.26 Å². The third kappa shape index (κ3) is 4.01. The van der Waals surface area contributed by atoms with Crippen LogP contribution >= 0.6 is 0 Å². The quantitative estimate of drug-likeness (QED) is 0.832. The van der Waals surface area contributed by atoms with E-state index in [2.05, 4.69) is 14.6 Å². The first-order valence-electron chi connectivity index (χ1n) is 6.54. The van der Waals surface area contributed by atoms with Gasteiger partial charge in [0.25, 0.3) is 0 Å². The minimum Gasteiger partial charge on any atom is -0.356 e. The van der Waals surface area contributed by atoms with Crippen molar-refractivity contribution in [3.05, 3.63) is 23.9 Å². The molecule has 7 heteroatoms. The fourth-order valence-corrected chi connectivity index (χ4v) is 3.18. The van der Waals surface area contributed by atoms with Crippen molar-refractivity contribution in [3.8, 4) is 0 Å². The topological polar surface area (TPSA) is 79.4 Å². The average Bonchev–Trinajstić information content (AvgIpc) is 2.38. The molecule has 1 aromatic heterocycles. The number of aromatic nitrogens is 1. The van der Waals surface area contributed by atoms with E-state index in [0.717, 1.165) is 31.7 Å². The number of sulfonamides is 1. The number of hydrogen-bond acceptors (Lipinski definition) is 5. The zero-order valence-electron chi connectivity index (χ0n) is 11.7. The first-order chi connectivity index (χ1) is 9.35. The predicted molar refractivity (Wildman–Crippen MR) is 77.5 cm³/mol. The van der Waals surface area contributed by atoms with Crippen molar-refractivity contribution >= 4 is 21.6 Å². The Labute approximate surface area is 119 Å². The zero-order valence-corrected chi connectivity index (χ0v) is 12.5. The number of nitrogens with zero attached hydrogens (tertiary/aromatic N) is 2. The number of piperidine rings is 1. The molecule has 0 saturated carbocycles. The van der Waals surface area contributed by atoms with E-state index >= 15 is 0 Å². The largest absolute Gasteiger partial charge is 0.356 e. The highest BCUT2D eigenvalue weighted by Gasteiger charge is 2.22. The van der Waals surface area contributed by atoms with Crippen molar-refractivity contribution in [2.45, 2.75) is 25.8 Å². The summed E-state index contributed by atoms with van der Waals surface area (Å²) in [5, 5.41) is 0. The minimum atomic E-state index is -3.15. The molecule has 0 aromatic carbocycles. The van der Waals surface area contributed by atoms with E-state index in [1.807, 2.05) is 0 Å². The summed E-state index contributed by atoms with van der Waals surface area (Å²) in [7, 11) is -3.15. The molecule has 0 amide bonds. The molecule has 110 valence electrons. The van der Waals surface area contributed by atoms with Gasteiger partial charge in [0.1, 0.15) is 5.82 Å². The molecule has 0 aliphatic carbocycles. The third-order valence-electron chi connectivity index (χ3n) is 3.35. The van der Waals surface area contributed by atoms with Crippen LogP contribution in [0.5, 0.6) is 0 Å². The third-order valence-corrected chi connectivity index (χ3v) is 4.11. The molecule has 0 atom stereocenters. The zero-order chi connectivity index (χ0) is 14.8. The van der Waals surface area contributed by atoms with Crippen LogP contribution in [-0.4, -0.2) is 44.6 Å². The number of anilines is 1. The van der Waals surface area contributed by atoms with Crippen LogP contribution in [0.3, 0.4) is 0 Å². The molecule has 0 radical (unpaired) electrons. The second-order valence-corrected chi connectivity index (χ2v) is 6.89. The Balaban J connectivity index is 2.00. The number of ketones is 1. The molecule has 1 aliphatic rings. The van der Waals surface area contributed by atoms with E-state index in [0.29, 0.717) is 5.56 Å². The lowest BCUT2D eigenvalue weighted by Gasteiger charge is -2.32. The van der Waals surface area contributed by atoms with E-state index < -0.39 is 10.0 Å². The Kier molecular flexibility index (Phi) is 4.39. The Morgan fingerprint density at radius 2 is 2.05 bits per heavy atom. The summed E-state index contributed by atoms with van der Waals surface area (Å²) in [4.78, 5) is 17.7. The van der Waals surface area contributed by atoms with E-state index in [1.54, 1.807) is 18.3 Å². The molecule has 1 fully saturated rings. The number of carbonyl (C=O) groups is 1. The van der Waals surface area contributed by atoms with E-state index in [1.165, 1.54) is 13.2 Å². The molecular formula is C13H19N3O3S. The van der Waals surface area contributed by atoms with Crippen LogP contribution in [0, 0.1) is 0 Å². The summed E-state index contributed by atoms with van der Waals surface area (Å²) in [6.07, 6.45) is 4.28. The van der Waals surface area contributed by atoms with Crippen molar-refractivity contribution in [2.75, 3.05) is 24.2 Å². The lowest BCUT2D eigenvalue weighted by Crippen LogP contribution is -2.44. The molecule has 1 aromatic rings. The Bertz CT molecular complexity index is 593. The summed E-state index contributed by atoms with van der Waals surface area (Å²) in [5.41, 5.74) is 0.645. The van der Waals surface area contributed by atoms with E-state index in [-0.39, 0.29) is 11.8 Å². The van der Waals surface area contributed by atoms with Gasteiger partial charge in [0, 0.05) is 30.9 Å². The summed E-state index contributed by atoms with van der Waals surface area (Å²) in [6.45, 7) is 2.98. The van der Waals surface area contributed by atoms with Crippen LogP contribution in [0.4, 0.5) is 5.82 Å². The van der Waals surface area contributed by atoms with Crippen molar-refractivity contribution in [1.82, 2.24) is 9.71 Å². The smallest absolute Gasteiger partial charge is 0.208 e. The van der Waals surface area contributed by atoms with Gasteiger partial charge in [-0.2, -0.15) is 0 Å². The van der Waals surface area contributed by atoms with Crippen molar-refractivity contribution < 1.29 is 13.2 Å². The van der Waals surface area contributed by atoms with Crippen LogP contribution in [0.2, 0.25) is 0 Å². The maximum absolute atomic E-state index is 11.4. The van der Waals surface area contributed by atoms with Crippen LogP contribution in [0.15, 0.2) is 18.3 Å². The first-order valence-corrected chi connectivity index (χ1v) is 8.43. The fourth-order valence-electron chi connectivity index (χ4n) is 2.34. The number of pyridine rings is 1. The molecule has 0 spiro atoms. The standard InChI is InChI=1S/C13H19N3O3S/c1-10(17)11-3-6-14-13(9-11)16-7-4-12(5-8-16)15-20(2,18)19/h3,6,9,12,15H,4-5,7-8H2,1-2H3. The van der Waals surface area contributed by atoms with Gasteiger partial charge >= 0.3 is 0 Å². The lowest BCUT2D eigenvalue weighted by atomic mass is 10.1. The maximum Gasteiger partial charge on any atom is 0.208 e. The Hall–Kier alpha value is -1.47. The van der Waals surface area contributed by atoms with Gasteiger partial charge in [0.2, 0.25) is 10.0 Å². The van der Waals surface area contributed by atoms with Gasteiger partial charge in [-0.05, 0) is 31.9 Å². The maximum atomic E-state index is 11.4.